The molecule has 4 heteroatoms. The van der Waals surface area contributed by atoms with Gasteiger partial charge in [0.15, 0.2) is 0 Å². The summed E-state index contributed by atoms with van der Waals surface area (Å²) in [5, 5.41) is 9.56. The number of carbonyl (C=O) groups is 1. The van der Waals surface area contributed by atoms with Crippen LogP contribution in [0.4, 0.5) is 0 Å². The summed E-state index contributed by atoms with van der Waals surface area (Å²) >= 11 is 0. The van der Waals surface area contributed by atoms with E-state index in [0.717, 1.165) is 19.0 Å². The molecule has 0 bridgehead atoms. The molecule has 1 heterocycles. The first kappa shape index (κ1) is 13.8. The van der Waals surface area contributed by atoms with Crippen molar-refractivity contribution < 1.29 is 14.6 Å². The molecule has 0 aromatic heterocycles. The maximum absolute atomic E-state index is 11.6. The van der Waals surface area contributed by atoms with Gasteiger partial charge in [0.05, 0.1) is 5.41 Å². The van der Waals surface area contributed by atoms with Crippen LogP contribution < -0.4 is 0 Å². The number of rotatable bonds is 6. The van der Waals surface area contributed by atoms with Crippen LogP contribution in [0.2, 0.25) is 0 Å². The molecule has 0 amide bonds. The molecule has 0 spiro atoms. The molecule has 18 heavy (non-hydrogen) atoms. The highest BCUT2D eigenvalue weighted by atomic mass is 16.5. The zero-order valence-electron chi connectivity index (χ0n) is 11.4. The third-order valence-corrected chi connectivity index (χ3v) is 4.62. The highest BCUT2D eigenvalue weighted by molar-refractivity contribution is 5.75. The number of aliphatic carboxylic acids is 1. The maximum atomic E-state index is 11.6. The maximum Gasteiger partial charge on any atom is 0.311 e. The van der Waals surface area contributed by atoms with Crippen molar-refractivity contribution in [2.45, 2.75) is 39.0 Å². The van der Waals surface area contributed by atoms with Crippen molar-refractivity contribution in [1.29, 1.82) is 0 Å². The van der Waals surface area contributed by atoms with Crippen LogP contribution in [-0.4, -0.2) is 48.8 Å². The van der Waals surface area contributed by atoms with Gasteiger partial charge in [-0.15, -0.1) is 0 Å². The molecule has 2 fully saturated rings. The summed E-state index contributed by atoms with van der Waals surface area (Å²) in [5.41, 5.74) is -0.571. The molecule has 2 rings (SSSR count). The van der Waals surface area contributed by atoms with E-state index in [1.54, 1.807) is 0 Å². The second kappa shape index (κ2) is 6.02. The number of carboxylic acids is 1. The summed E-state index contributed by atoms with van der Waals surface area (Å²) in [5.74, 6) is 0.161. The van der Waals surface area contributed by atoms with Gasteiger partial charge in [0, 0.05) is 26.3 Å². The fourth-order valence-corrected chi connectivity index (χ4v) is 2.98. The van der Waals surface area contributed by atoms with Crippen LogP contribution in [0.1, 0.15) is 39.0 Å². The van der Waals surface area contributed by atoms with Crippen molar-refractivity contribution >= 4 is 5.97 Å². The van der Waals surface area contributed by atoms with E-state index in [0.29, 0.717) is 32.6 Å². The van der Waals surface area contributed by atoms with Gasteiger partial charge in [0.1, 0.15) is 0 Å². The Bertz CT molecular complexity index is 283. The van der Waals surface area contributed by atoms with Gasteiger partial charge in [-0.2, -0.15) is 0 Å². The predicted octanol–water partition coefficient (Wildman–Crippen LogP) is 1.99. The Morgan fingerprint density at radius 2 is 2.06 bits per heavy atom. The lowest BCUT2D eigenvalue weighted by molar-refractivity contribution is -0.156. The summed E-state index contributed by atoms with van der Waals surface area (Å²) in [6.45, 7) is 6.03. The van der Waals surface area contributed by atoms with E-state index in [9.17, 15) is 9.90 Å². The van der Waals surface area contributed by atoms with Crippen LogP contribution in [0.5, 0.6) is 0 Å². The molecular formula is C14H25NO3. The van der Waals surface area contributed by atoms with Crippen LogP contribution in [-0.2, 0) is 9.53 Å². The van der Waals surface area contributed by atoms with E-state index in [1.165, 1.54) is 19.3 Å². The van der Waals surface area contributed by atoms with E-state index < -0.39 is 11.4 Å². The minimum absolute atomic E-state index is 0.571. The van der Waals surface area contributed by atoms with E-state index in [4.69, 9.17) is 4.74 Å². The third-order valence-electron chi connectivity index (χ3n) is 4.62. The number of ether oxygens (including phenoxy) is 1. The first-order chi connectivity index (χ1) is 8.66. The zero-order valence-corrected chi connectivity index (χ0v) is 11.4. The van der Waals surface area contributed by atoms with Crippen LogP contribution in [0.3, 0.4) is 0 Å². The Morgan fingerprint density at radius 3 is 2.50 bits per heavy atom. The van der Waals surface area contributed by atoms with Gasteiger partial charge in [-0.05, 0) is 38.1 Å². The Morgan fingerprint density at radius 1 is 1.39 bits per heavy atom. The molecule has 4 nitrogen and oxygen atoms in total. The van der Waals surface area contributed by atoms with Crippen molar-refractivity contribution in [3.05, 3.63) is 0 Å². The van der Waals surface area contributed by atoms with Crippen LogP contribution in [0, 0.1) is 11.3 Å². The van der Waals surface area contributed by atoms with Gasteiger partial charge in [-0.25, -0.2) is 0 Å². The predicted molar refractivity (Wildman–Crippen MR) is 69.6 cm³/mol. The standard InChI is InChI=1S/C14H25NO3/c1-2-15(10-12-4-3-5-12)11-14(13(16)17)6-8-18-9-7-14/h12H,2-11H2,1H3,(H,16,17). The molecule has 0 aromatic carbocycles. The molecule has 104 valence electrons. The highest BCUT2D eigenvalue weighted by Crippen LogP contribution is 2.33. The van der Waals surface area contributed by atoms with Crippen LogP contribution in [0.15, 0.2) is 0 Å². The average Bonchev–Trinajstić information content (AvgIpc) is 2.33. The van der Waals surface area contributed by atoms with Gasteiger partial charge >= 0.3 is 5.97 Å². The van der Waals surface area contributed by atoms with Gasteiger partial charge < -0.3 is 14.7 Å². The number of carboxylic acid groups (broad SMARTS) is 1. The van der Waals surface area contributed by atoms with Crippen molar-refractivity contribution in [2.75, 3.05) is 32.8 Å². The molecular weight excluding hydrogens is 230 g/mol. The summed E-state index contributed by atoms with van der Waals surface area (Å²) in [6.07, 6.45) is 5.30. The highest BCUT2D eigenvalue weighted by Gasteiger charge is 2.41. The minimum Gasteiger partial charge on any atom is -0.481 e. The van der Waals surface area contributed by atoms with Gasteiger partial charge in [0.2, 0.25) is 0 Å². The Hall–Kier alpha value is -0.610. The average molecular weight is 255 g/mol. The molecule has 1 saturated carbocycles. The SMILES string of the molecule is CCN(CC1CCC1)CC1(C(=O)O)CCOCC1. The Balaban J connectivity index is 1.94. The van der Waals surface area contributed by atoms with Gasteiger partial charge in [-0.1, -0.05) is 13.3 Å². The van der Waals surface area contributed by atoms with Crippen molar-refractivity contribution in [2.24, 2.45) is 11.3 Å². The minimum atomic E-state index is -0.641. The first-order valence-corrected chi connectivity index (χ1v) is 7.20. The fourth-order valence-electron chi connectivity index (χ4n) is 2.98. The molecule has 1 N–H and O–H groups in total. The topological polar surface area (TPSA) is 49.8 Å². The summed E-state index contributed by atoms with van der Waals surface area (Å²) in [4.78, 5) is 14.0. The Kier molecular flexibility index (Phi) is 4.62. The number of nitrogens with zero attached hydrogens (tertiary/aromatic N) is 1. The molecule has 2 aliphatic rings. The lowest BCUT2D eigenvalue weighted by atomic mass is 9.79. The summed E-state index contributed by atoms with van der Waals surface area (Å²) in [7, 11) is 0. The molecule has 1 aliphatic carbocycles. The fraction of sp³-hybridized carbons (Fsp3) is 0.929. The molecule has 0 aromatic rings. The first-order valence-electron chi connectivity index (χ1n) is 7.20. The molecule has 1 saturated heterocycles. The third kappa shape index (κ3) is 3.04. The largest absolute Gasteiger partial charge is 0.481 e. The summed E-state index contributed by atoms with van der Waals surface area (Å²) < 4.78 is 5.32. The van der Waals surface area contributed by atoms with Gasteiger partial charge in [-0.3, -0.25) is 4.79 Å². The summed E-state index contributed by atoms with van der Waals surface area (Å²) in [6, 6.07) is 0. The Labute approximate surface area is 109 Å². The quantitative estimate of drug-likeness (QED) is 0.788. The van der Waals surface area contributed by atoms with Crippen LogP contribution >= 0.6 is 0 Å². The van der Waals surface area contributed by atoms with Crippen molar-refractivity contribution in [1.82, 2.24) is 4.90 Å². The van der Waals surface area contributed by atoms with Crippen molar-refractivity contribution in [3.8, 4) is 0 Å². The smallest absolute Gasteiger partial charge is 0.311 e. The monoisotopic (exact) mass is 255 g/mol. The molecule has 0 unspecified atom stereocenters. The normalized spacial score (nSPS) is 23.9. The molecule has 0 radical (unpaired) electrons. The molecule has 1 aliphatic heterocycles. The van der Waals surface area contributed by atoms with Gasteiger partial charge in [0.25, 0.3) is 0 Å². The zero-order chi connectivity index (χ0) is 13.0. The second-order valence-corrected chi connectivity index (χ2v) is 5.82. The van der Waals surface area contributed by atoms with E-state index in [1.807, 2.05) is 0 Å². The lowest BCUT2D eigenvalue weighted by Crippen LogP contribution is -2.48. The van der Waals surface area contributed by atoms with E-state index in [2.05, 4.69) is 11.8 Å². The lowest BCUT2D eigenvalue weighted by Gasteiger charge is -2.39. The van der Waals surface area contributed by atoms with Crippen molar-refractivity contribution in [3.63, 3.8) is 0 Å². The number of hydrogen-bond donors (Lipinski definition) is 1. The van der Waals surface area contributed by atoms with Crippen LogP contribution in [0.25, 0.3) is 0 Å². The number of hydrogen-bond acceptors (Lipinski definition) is 3. The molecule has 0 atom stereocenters. The van der Waals surface area contributed by atoms with E-state index >= 15 is 0 Å². The van der Waals surface area contributed by atoms with E-state index in [-0.39, 0.29) is 0 Å². The second-order valence-electron chi connectivity index (χ2n) is 5.82.